The van der Waals surface area contributed by atoms with Crippen molar-refractivity contribution in [2.45, 2.75) is 19.3 Å². The summed E-state index contributed by atoms with van der Waals surface area (Å²) in [5.74, 6) is 0. The molecule has 1 N–H and O–H groups in total. The first-order valence-corrected chi connectivity index (χ1v) is 6.80. The highest BCUT2D eigenvalue weighted by Crippen LogP contribution is 2.28. The van der Waals surface area contributed by atoms with Gasteiger partial charge in [0.2, 0.25) is 5.13 Å². The molecule has 0 fully saturated rings. The molecule has 0 amide bonds. The van der Waals surface area contributed by atoms with Crippen molar-refractivity contribution < 1.29 is 0 Å². The molecule has 16 heavy (non-hydrogen) atoms. The van der Waals surface area contributed by atoms with Gasteiger partial charge in [0.1, 0.15) is 0 Å². The molecule has 3 nitrogen and oxygen atoms in total. The zero-order chi connectivity index (χ0) is 11.0. The van der Waals surface area contributed by atoms with Gasteiger partial charge >= 0.3 is 0 Å². The van der Waals surface area contributed by atoms with Crippen LogP contribution in [0, 0.1) is 0 Å². The van der Waals surface area contributed by atoms with Crippen LogP contribution in [0.4, 0.5) is 10.8 Å². The first kappa shape index (κ1) is 10.2. The third kappa shape index (κ3) is 1.97. The number of hydrogen-bond donors (Lipinski definition) is 1. The number of fused-ring (bicyclic) bond motifs is 1. The van der Waals surface area contributed by atoms with Crippen LogP contribution in [0.5, 0.6) is 0 Å². The fourth-order valence-corrected chi connectivity index (χ4v) is 3.06. The van der Waals surface area contributed by atoms with E-state index in [1.54, 1.807) is 0 Å². The van der Waals surface area contributed by atoms with E-state index in [9.17, 15) is 0 Å². The largest absolute Gasteiger partial charge is 0.330 e. The molecule has 0 aliphatic heterocycles. The van der Waals surface area contributed by atoms with Crippen LogP contribution in [0.1, 0.15) is 17.5 Å². The molecule has 1 heterocycles. The summed E-state index contributed by atoms with van der Waals surface area (Å²) in [6, 6.07) is 6.54. The second kappa shape index (κ2) is 4.14. The van der Waals surface area contributed by atoms with Crippen molar-refractivity contribution in [3.63, 3.8) is 0 Å². The number of hydrogen-bond acceptors (Lipinski definition) is 4. The number of benzene rings is 1. The molecule has 0 bridgehead atoms. The van der Waals surface area contributed by atoms with E-state index in [4.69, 9.17) is 0 Å². The molecule has 1 aliphatic carbocycles. The van der Waals surface area contributed by atoms with E-state index in [1.807, 2.05) is 0 Å². The molecule has 1 aliphatic rings. The Labute approximate surface area is 106 Å². The van der Waals surface area contributed by atoms with Crippen LogP contribution in [0.25, 0.3) is 0 Å². The second-order valence-electron chi connectivity index (χ2n) is 3.82. The first-order valence-electron chi connectivity index (χ1n) is 5.19. The summed E-state index contributed by atoms with van der Waals surface area (Å²) in [5, 5.41) is 12.0. The number of aryl methyl sites for hydroxylation is 2. The summed E-state index contributed by atoms with van der Waals surface area (Å²) in [7, 11) is 0. The predicted molar refractivity (Wildman–Crippen MR) is 69.4 cm³/mol. The predicted octanol–water partition coefficient (Wildman–Crippen LogP) is 3.53. The summed E-state index contributed by atoms with van der Waals surface area (Å²) in [6.07, 6.45) is 3.70. The number of rotatable bonds is 2. The van der Waals surface area contributed by atoms with Crippen LogP contribution in [0.15, 0.2) is 22.1 Å². The number of nitrogens with zero attached hydrogens (tertiary/aromatic N) is 2. The van der Waals surface area contributed by atoms with E-state index in [2.05, 4.69) is 49.6 Å². The van der Waals surface area contributed by atoms with Crippen LogP contribution in [0.2, 0.25) is 0 Å². The van der Waals surface area contributed by atoms with Gasteiger partial charge in [-0.05, 0) is 58.5 Å². The summed E-state index contributed by atoms with van der Waals surface area (Å²) < 4.78 is 0.802. The van der Waals surface area contributed by atoms with E-state index in [0.717, 1.165) is 14.7 Å². The lowest BCUT2D eigenvalue weighted by Gasteiger charge is -2.04. The van der Waals surface area contributed by atoms with Gasteiger partial charge in [-0.2, -0.15) is 0 Å². The Kier molecular flexibility index (Phi) is 2.65. The molecule has 0 saturated carbocycles. The Morgan fingerprint density at radius 3 is 2.88 bits per heavy atom. The van der Waals surface area contributed by atoms with Gasteiger partial charge < -0.3 is 5.32 Å². The molecule has 0 atom stereocenters. The van der Waals surface area contributed by atoms with Crippen LogP contribution in [0.3, 0.4) is 0 Å². The van der Waals surface area contributed by atoms with Gasteiger partial charge in [0, 0.05) is 5.69 Å². The molecule has 2 aromatic rings. The van der Waals surface area contributed by atoms with Crippen molar-refractivity contribution in [2.24, 2.45) is 0 Å². The lowest BCUT2D eigenvalue weighted by Crippen LogP contribution is -1.91. The lowest BCUT2D eigenvalue weighted by molar-refractivity contribution is 0.912. The zero-order valence-electron chi connectivity index (χ0n) is 8.53. The summed E-state index contributed by atoms with van der Waals surface area (Å²) in [6.45, 7) is 0. The van der Waals surface area contributed by atoms with Gasteiger partial charge in [-0.15, -0.1) is 10.2 Å². The molecule has 0 spiro atoms. The third-order valence-electron chi connectivity index (χ3n) is 2.75. The maximum Gasteiger partial charge on any atom is 0.210 e. The quantitative estimate of drug-likeness (QED) is 0.921. The molecule has 1 aromatic heterocycles. The summed E-state index contributed by atoms with van der Waals surface area (Å²) >= 11 is 4.80. The zero-order valence-corrected chi connectivity index (χ0v) is 10.9. The van der Waals surface area contributed by atoms with Crippen molar-refractivity contribution >= 4 is 38.1 Å². The smallest absolute Gasteiger partial charge is 0.210 e. The van der Waals surface area contributed by atoms with Crippen molar-refractivity contribution in [1.82, 2.24) is 10.2 Å². The monoisotopic (exact) mass is 295 g/mol. The van der Waals surface area contributed by atoms with Crippen molar-refractivity contribution in [3.05, 3.63) is 33.2 Å². The van der Waals surface area contributed by atoms with Gasteiger partial charge in [-0.25, -0.2) is 0 Å². The molecule has 0 saturated heterocycles. The maximum atomic E-state index is 4.02. The average Bonchev–Trinajstić information content (AvgIpc) is 2.87. The van der Waals surface area contributed by atoms with Crippen LogP contribution in [-0.2, 0) is 12.8 Å². The second-order valence-corrected chi connectivity index (χ2v) is 6.08. The molecule has 1 aromatic carbocycles. The van der Waals surface area contributed by atoms with Gasteiger partial charge in [-0.3, -0.25) is 0 Å². The minimum absolute atomic E-state index is 0.802. The summed E-state index contributed by atoms with van der Waals surface area (Å²) in [5.41, 5.74) is 4.06. The van der Waals surface area contributed by atoms with Crippen LogP contribution in [-0.4, -0.2) is 10.2 Å². The fraction of sp³-hybridized carbons (Fsp3) is 0.273. The number of anilines is 2. The van der Waals surface area contributed by atoms with E-state index in [1.165, 1.54) is 41.7 Å². The van der Waals surface area contributed by atoms with Crippen LogP contribution >= 0.6 is 27.3 Å². The Morgan fingerprint density at radius 2 is 2.06 bits per heavy atom. The Bertz CT molecular complexity index is 524. The lowest BCUT2D eigenvalue weighted by atomic mass is 10.1. The van der Waals surface area contributed by atoms with Crippen molar-refractivity contribution in [2.75, 3.05) is 5.32 Å². The minimum atomic E-state index is 0.802. The first-order chi connectivity index (χ1) is 7.81. The topological polar surface area (TPSA) is 37.8 Å². The summed E-state index contributed by atoms with van der Waals surface area (Å²) in [4.78, 5) is 0. The standard InChI is InChI=1S/C11H10BrN3S/c12-10-14-15-11(16-10)13-9-5-4-7-2-1-3-8(7)6-9/h4-6H,1-3H2,(H,13,15). The van der Waals surface area contributed by atoms with Gasteiger partial charge in [0.15, 0.2) is 3.92 Å². The Hall–Kier alpha value is -0.940. The Morgan fingerprint density at radius 1 is 1.19 bits per heavy atom. The highest BCUT2D eigenvalue weighted by atomic mass is 79.9. The molecular weight excluding hydrogens is 286 g/mol. The molecule has 0 radical (unpaired) electrons. The van der Waals surface area contributed by atoms with Gasteiger partial charge in [0.05, 0.1) is 0 Å². The molecule has 82 valence electrons. The fourth-order valence-electron chi connectivity index (χ4n) is 2.03. The van der Waals surface area contributed by atoms with Crippen molar-refractivity contribution in [1.29, 1.82) is 0 Å². The number of halogens is 1. The third-order valence-corrected chi connectivity index (χ3v) is 4.02. The van der Waals surface area contributed by atoms with Crippen molar-refractivity contribution in [3.8, 4) is 0 Å². The molecular formula is C11H10BrN3S. The highest BCUT2D eigenvalue weighted by Gasteiger charge is 2.11. The van der Waals surface area contributed by atoms with E-state index in [-0.39, 0.29) is 0 Å². The molecule has 5 heteroatoms. The highest BCUT2D eigenvalue weighted by molar-refractivity contribution is 9.11. The SMILES string of the molecule is Brc1nnc(Nc2ccc3c(c2)CCC3)s1. The number of aromatic nitrogens is 2. The minimum Gasteiger partial charge on any atom is -0.330 e. The van der Waals surface area contributed by atoms with E-state index >= 15 is 0 Å². The van der Waals surface area contributed by atoms with Gasteiger partial charge in [0.25, 0.3) is 0 Å². The maximum absolute atomic E-state index is 4.02. The Balaban J connectivity index is 1.85. The molecule has 3 rings (SSSR count). The van der Waals surface area contributed by atoms with Crippen LogP contribution < -0.4 is 5.32 Å². The normalized spacial score (nSPS) is 13.8. The van der Waals surface area contributed by atoms with E-state index in [0.29, 0.717) is 0 Å². The average molecular weight is 296 g/mol. The molecule has 0 unspecified atom stereocenters. The van der Waals surface area contributed by atoms with E-state index < -0.39 is 0 Å². The number of nitrogens with one attached hydrogen (secondary N) is 1. The van der Waals surface area contributed by atoms with Gasteiger partial charge in [-0.1, -0.05) is 17.4 Å².